The topological polar surface area (TPSA) is 110 Å². The van der Waals surface area contributed by atoms with Crippen molar-refractivity contribution in [3.63, 3.8) is 0 Å². The van der Waals surface area contributed by atoms with E-state index >= 15 is 0 Å². The summed E-state index contributed by atoms with van der Waals surface area (Å²) in [4.78, 5) is 50.4. The number of anilines is 1. The van der Waals surface area contributed by atoms with Crippen LogP contribution in [0.2, 0.25) is 0 Å². The van der Waals surface area contributed by atoms with Crippen LogP contribution >= 0.6 is 0 Å². The molecule has 1 aliphatic carbocycles. The maximum Gasteiger partial charge on any atom is 0.307 e. The summed E-state index contributed by atoms with van der Waals surface area (Å²) in [5, 5.41) is 10.9. The van der Waals surface area contributed by atoms with E-state index in [-0.39, 0.29) is 37.0 Å². The maximum absolute atomic E-state index is 12.3. The van der Waals surface area contributed by atoms with Gasteiger partial charge < -0.3 is 14.5 Å². The molecule has 3 atom stereocenters. The van der Waals surface area contributed by atoms with Crippen LogP contribution in [-0.4, -0.2) is 61.8 Å². The molecule has 1 aliphatic rings. The molecule has 1 aromatic rings. The van der Waals surface area contributed by atoms with E-state index in [4.69, 9.17) is 4.74 Å². The van der Waals surface area contributed by atoms with E-state index in [0.717, 1.165) is 11.3 Å². The number of likely N-dealkylation sites (N-methyl/N-ethyl adjacent to an activating group) is 1. The number of carbonyl (C=O) groups excluding carboxylic acids is 3. The van der Waals surface area contributed by atoms with Crippen molar-refractivity contribution >= 4 is 23.3 Å². The molecule has 0 saturated heterocycles. The van der Waals surface area contributed by atoms with Gasteiger partial charge in [-0.3, -0.25) is 24.5 Å². The molecule has 0 bridgehead atoms. The first-order valence-electron chi connectivity index (χ1n) is 9.88. The molecular formula is C21H29N3O6. The molecule has 0 radical (unpaired) electrons. The molecule has 1 aromatic carbocycles. The Balaban J connectivity index is 1.83. The number of Topliss-reactive ketones (excluding diaryl/α,β-unsaturated/α-hetero) is 1. The fraction of sp³-hybridized carbons (Fsp3) is 0.571. The lowest BCUT2D eigenvalue weighted by atomic mass is 9.88. The van der Waals surface area contributed by atoms with Gasteiger partial charge in [-0.25, -0.2) is 0 Å². The number of nitro groups is 1. The summed E-state index contributed by atoms with van der Waals surface area (Å²) in [7, 11) is 5.50. The Labute approximate surface area is 176 Å². The minimum Gasteiger partial charge on any atom is -0.456 e. The van der Waals surface area contributed by atoms with E-state index in [1.54, 1.807) is 14.0 Å². The van der Waals surface area contributed by atoms with Gasteiger partial charge >= 0.3 is 5.97 Å². The molecule has 0 aliphatic heterocycles. The van der Waals surface area contributed by atoms with Crippen LogP contribution in [0, 0.1) is 27.9 Å². The second-order valence-electron chi connectivity index (χ2n) is 8.11. The molecule has 0 spiro atoms. The van der Waals surface area contributed by atoms with Crippen LogP contribution in [-0.2, 0) is 25.7 Å². The molecule has 1 saturated carbocycles. The Kier molecular flexibility index (Phi) is 7.91. The lowest BCUT2D eigenvalue weighted by Gasteiger charge is -2.19. The van der Waals surface area contributed by atoms with Gasteiger partial charge in [0.05, 0.1) is 6.42 Å². The van der Waals surface area contributed by atoms with Gasteiger partial charge in [-0.05, 0) is 23.6 Å². The number of hydrogen-bond acceptors (Lipinski definition) is 7. The predicted octanol–water partition coefficient (Wildman–Crippen LogP) is 1.76. The summed E-state index contributed by atoms with van der Waals surface area (Å²) >= 11 is 0. The van der Waals surface area contributed by atoms with E-state index < -0.39 is 29.3 Å². The van der Waals surface area contributed by atoms with Crippen molar-refractivity contribution in [3.8, 4) is 0 Å². The number of amides is 1. The summed E-state index contributed by atoms with van der Waals surface area (Å²) < 4.78 is 5.05. The number of ketones is 1. The Morgan fingerprint density at radius 3 is 2.40 bits per heavy atom. The first-order chi connectivity index (χ1) is 14.1. The van der Waals surface area contributed by atoms with Crippen LogP contribution in [0.3, 0.4) is 0 Å². The molecule has 0 unspecified atom stereocenters. The van der Waals surface area contributed by atoms with Gasteiger partial charge in [0.2, 0.25) is 6.54 Å². The minimum atomic E-state index is -0.721. The van der Waals surface area contributed by atoms with Gasteiger partial charge in [0, 0.05) is 56.6 Å². The van der Waals surface area contributed by atoms with Gasteiger partial charge in [-0.1, -0.05) is 19.1 Å². The van der Waals surface area contributed by atoms with Crippen LogP contribution in [0.5, 0.6) is 0 Å². The fourth-order valence-electron chi connectivity index (χ4n) is 3.75. The van der Waals surface area contributed by atoms with Gasteiger partial charge in [-0.15, -0.1) is 0 Å². The molecule has 9 nitrogen and oxygen atoms in total. The summed E-state index contributed by atoms with van der Waals surface area (Å²) in [5.41, 5.74) is 1.99. The number of benzene rings is 1. The highest BCUT2D eigenvalue weighted by Crippen LogP contribution is 2.36. The summed E-state index contributed by atoms with van der Waals surface area (Å²) in [6, 6.07) is 7.75. The van der Waals surface area contributed by atoms with E-state index in [1.165, 1.54) is 4.90 Å². The highest BCUT2D eigenvalue weighted by Gasteiger charge is 2.44. The third kappa shape index (κ3) is 6.27. The average molecular weight is 419 g/mol. The molecule has 0 N–H and O–H groups in total. The lowest BCUT2D eigenvalue weighted by molar-refractivity contribution is -0.490. The Bertz CT molecular complexity index is 792. The van der Waals surface area contributed by atoms with Crippen LogP contribution in [0.25, 0.3) is 0 Å². The summed E-state index contributed by atoms with van der Waals surface area (Å²) in [6.07, 6.45) is -0.00456. The third-order valence-electron chi connectivity index (χ3n) is 5.59. The Hall–Kier alpha value is -2.97. The molecular weight excluding hydrogens is 390 g/mol. The smallest absolute Gasteiger partial charge is 0.307 e. The maximum atomic E-state index is 12.3. The lowest BCUT2D eigenvalue weighted by Crippen LogP contribution is -2.32. The van der Waals surface area contributed by atoms with E-state index in [0.29, 0.717) is 6.54 Å². The average Bonchev–Trinajstić information content (AvgIpc) is 2.92. The second-order valence-corrected chi connectivity index (χ2v) is 8.11. The molecule has 1 amide bonds. The van der Waals surface area contributed by atoms with Crippen molar-refractivity contribution < 1.29 is 24.0 Å². The molecule has 2 rings (SSSR count). The van der Waals surface area contributed by atoms with Crippen molar-refractivity contribution in [1.82, 2.24) is 4.90 Å². The van der Waals surface area contributed by atoms with E-state index in [2.05, 4.69) is 0 Å². The molecule has 1 fully saturated rings. The first-order valence-corrected chi connectivity index (χ1v) is 9.88. The zero-order valence-electron chi connectivity index (χ0n) is 17.9. The number of hydrogen-bond donors (Lipinski definition) is 0. The standard InChI is InChI=1S/C21H29N3O6/c1-14-9-19(25)17(18(14)12-24(28)29)10-21(27)30-13-20(26)23(4)11-15-5-7-16(8-6-15)22(2)3/h5-8,14,17-18H,9-13H2,1-4H3/t14-,17+,18-/m1/s1. The van der Waals surface area contributed by atoms with E-state index in [9.17, 15) is 24.5 Å². The van der Waals surface area contributed by atoms with Crippen molar-refractivity contribution in [2.45, 2.75) is 26.3 Å². The van der Waals surface area contributed by atoms with Crippen molar-refractivity contribution in [3.05, 3.63) is 39.9 Å². The fourth-order valence-corrected chi connectivity index (χ4v) is 3.75. The monoisotopic (exact) mass is 419 g/mol. The Morgan fingerprint density at radius 2 is 1.83 bits per heavy atom. The van der Waals surface area contributed by atoms with Crippen molar-refractivity contribution in [2.75, 3.05) is 39.2 Å². The van der Waals surface area contributed by atoms with Crippen LogP contribution in [0.15, 0.2) is 24.3 Å². The highest BCUT2D eigenvalue weighted by molar-refractivity contribution is 5.88. The number of rotatable bonds is 9. The molecule has 0 heterocycles. The van der Waals surface area contributed by atoms with Crippen molar-refractivity contribution in [2.24, 2.45) is 17.8 Å². The molecule has 0 aromatic heterocycles. The van der Waals surface area contributed by atoms with Crippen LogP contribution < -0.4 is 4.90 Å². The zero-order chi connectivity index (χ0) is 22.4. The number of carbonyl (C=O) groups is 3. The van der Waals surface area contributed by atoms with Gasteiger partial charge in [0.1, 0.15) is 5.78 Å². The zero-order valence-corrected chi connectivity index (χ0v) is 17.9. The van der Waals surface area contributed by atoms with Gasteiger partial charge in [0.15, 0.2) is 6.61 Å². The largest absolute Gasteiger partial charge is 0.456 e. The van der Waals surface area contributed by atoms with Crippen LogP contribution in [0.4, 0.5) is 5.69 Å². The molecule has 9 heteroatoms. The number of nitrogens with zero attached hydrogens (tertiary/aromatic N) is 3. The van der Waals surface area contributed by atoms with Gasteiger partial charge in [0.25, 0.3) is 5.91 Å². The van der Waals surface area contributed by atoms with Gasteiger partial charge in [-0.2, -0.15) is 0 Å². The van der Waals surface area contributed by atoms with Crippen LogP contribution in [0.1, 0.15) is 25.3 Å². The Morgan fingerprint density at radius 1 is 1.20 bits per heavy atom. The minimum absolute atomic E-state index is 0.146. The third-order valence-corrected chi connectivity index (χ3v) is 5.59. The SMILES string of the molecule is C[C@@H]1CC(=O)[C@@H](CC(=O)OCC(=O)N(C)Cc2ccc(N(C)C)cc2)[C@@H]1C[N+](=O)[O-]. The molecule has 30 heavy (non-hydrogen) atoms. The summed E-state index contributed by atoms with van der Waals surface area (Å²) in [6.45, 7) is 1.37. The van der Waals surface area contributed by atoms with E-state index in [1.807, 2.05) is 43.3 Å². The molecule has 164 valence electrons. The normalized spacial score (nSPS) is 20.7. The number of ether oxygens (including phenoxy) is 1. The quantitative estimate of drug-likeness (QED) is 0.341. The predicted molar refractivity (Wildman–Crippen MR) is 110 cm³/mol. The second kappa shape index (κ2) is 10.2. The van der Waals surface area contributed by atoms with Crippen molar-refractivity contribution in [1.29, 1.82) is 0 Å². The highest BCUT2D eigenvalue weighted by atomic mass is 16.6. The first kappa shape index (κ1) is 23.3. The summed E-state index contributed by atoms with van der Waals surface area (Å²) in [5.74, 6) is -2.56. The number of esters is 1.